The Bertz CT molecular complexity index is 782. The van der Waals surface area contributed by atoms with Gasteiger partial charge in [-0.15, -0.1) is 0 Å². The Morgan fingerprint density at radius 1 is 0.844 bits per heavy atom. The maximum Gasteiger partial charge on any atom is 0.326 e. The van der Waals surface area contributed by atoms with E-state index >= 15 is 0 Å². The highest BCUT2D eigenvalue weighted by molar-refractivity contribution is 5.94. The van der Waals surface area contributed by atoms with Crippen molar-refractivity contribution < 1.29 is 24.3 Å². The fraction of sp³-hybridized carbons (Fsp3) is 0.565. The van der Waals surface area contributed by atoms with Crippen LogP contribution in [-0.2, 0) is 25.6 Å². The van der Waals surface area contributed by atoms with Crippen LogP contribution in [0.25, 0.3) is 0 Å². The van der Waals surface area contributed by atoms with Crippen LogP contribution < -0.4 is 21.7 Å². The maximum atomic E-state index is 12.9. The van der Waals surface area contributed by atoms with Crippen LogP contribution in [0.15, 0.2) is 30.3 Å². The second kappa shape index (κ2) is 12.8. The molecule has 0 heterocycles. The van der Waals surface area contributed by atoms with Crippen molar-refractivity contribution in [3.8, 4) is 0 Å². The second-order valence-corrected chi connectivity index (χ2v) is 8.78. The summed E-state index contributed by atoms with van der Waals surface area (Å²) in [5.41, 5.74) is 6.61. The van der Waals surface area contributed by atoms with Crippen molar-refractivity contribution in [2.45, 2.75) is 71.6 Å². The third kappa shape index (κ3) is 9.05. The number of amides is 3. The fourth-order valence-corrected chi connectivity index (χ4v) is 3.00. The van der Waals surface area contributed by atoms with Gasteiger partial charge in [-0.3, -0.25) is 14.4 Å². The van der Waals surface area contributed by atoms with Crippen LogP contribution in [0.3, 0.4) is 0 Å². The van der Waals surface area contributed by atoms with E-state index in [1.165, 1.54) is 6.92 Å². The van der Waals surface area contributed by atoms with Crippen LogP contribution in [0.4, 0.5) is 0 Å². The topological polar surface area (TPSA) is 151 Å². The molecule has 3 amide bonds. The maximum absolute atomic E-state index is 12.9. The third-order valence-corrected chi connectivity index (χ3v) is 5.01. The molecule has 0 saturated carbocycles. The Kier molecular flexibility index (Phi) is 10.8. The van der Waals surface area contributed by atoms with E-state index < -0.39 is 47.9 Å². The van der Waals surface area contributed by atoms with Gasteiger partial charge in [0.15, 0.2) is 0 Å². The van der Waals surface area contributed by atoms with E-state index in [1.807, 2.05) is 32.0 Å². The molecule has 0 saturated heterocycles. The number of rotatable bonds is 12. The molecule has 0 aromatic heterocycles. The zero-order valence-electron chi connectivity index (χ0n) is 19.4. The molecular weight excluding hydrogens is 412 g/mol. The lowest BCUT2D eigenvalue weighted by atomic mass is 10.0. The van der Waals surface area contributed by atoms with Crippen molar-refractivity contribution in [2.75, 3.05) is 0 Å². The molecule has 9 heteroatoms. The molecule has 0 aliphatic heterocycles. The van der Waals surface area contributed by atoms with E-state index in [9.17, 15) is 24.3 Å². The van der Waals surface area contributed by atoms with Crippen molar-refractivity contribution in [3.63, 3.8) is 0 Å². The molecule has 0 aliphatic rings. The number of benzene rings is 1. The number of carboxylic acid groups (broad SMARTS) is 1. The van der Waals surface area contributed by atoms with E-state index in [0.29, 0.717) is 0 Å². The second-order valence-electron chi connectivity index (χ2n) is 8.78. The van der Waals surface area contributed by atoms with Crippen molar-refractivity contribution in [2.24, 2.45) is 17.6 Å². The van der Waals surface area contributed by atoms with Gasteiger partial charge in [-0.05, 0) is 30.7 Å². The molecule has 178 valence electrons. The minimum atomic E-state index is -1.14. The number of carbonyl (C=O) groups is 4. The summed E-state index contributed by atoms with van der Waals surface area (Å²) in [5.74, 6) is -2.82. The van der Waals surface area contributed by atoms with Gasteiger partial charge in [0.2, 0.25) is 17.7 Å². The standard InChI is InChI=1S/C23H36N4O5/c1-13(2)11-18(23(31)32)27-21(29)17(12-16-9-7-6-8-10-16)26-20(28)15(5)25-22(30)19(24)14(3)4/h6-10,13-15,17-19H,11-12,24H2,1-5H3,(H,25,30)(H,26,28)(H,27,29)(H,31,32). The molecule has 0 bridgehead atoms. The summed E-state index contributed by atoms with van der Waals surface area (Å²) in [5, 5.41) is 17.2. The smallest absolute Gasteiger partial charge is 0.326 e. The first-order chi connectivity index (χ1) is 14.9. The molecule has 4 unspecified atom stereocenters. The quantitative estimate of drug-likeness (QED) is 0.319. The third-order valence-electron chi connectivity index (χ3n) is 5.01. The van der Waals surface area contributed by atoms with Crippen LogP contribution >= 0.6 is 0 Å². The van der Waals surface area contributed by atoms with Crippen LogP contribution in [-0.4, -0.2) is 53.0 Å². The summed E-state index contributed by atoms with van der Waals surface area (Å²) in [6, 6.07) is 5.28. The number of carboxylic acids is 1. The summed E-state index contributed by atoms with van der Waals surface area (Å²) in [6.07, 6.45) is 0.422. The zero-order valence-corrected chi connectivity index (χ0v) is 19.4. The molecule has 32 heavy (non-hydrogen) atoms. The monoisotopic (exact) mass is 448 g/mol. The van der Waals surface area contributed by atoms with Gasteiger partial charge in [0.05, 0.1) is 6.04 Å². The summed E-state index contributed by atoms with van der Waals surface area (Å²) in [4.78, 5) is 49.4. The lowest BCUT2D eigenvalue weighted by Crippen LogP contribution is -2.57. The van der Waals surface area contributed by atoms with Gasteiger partial charge in [0, 0.05) is 6.42 Å². The molecule has 0 radical (unpaired) electrons. The molecule has 1 aromatic rings. The lowest BCUT2D eigenvalue weighted by Gasteiger charge is -2.24. The highest BCUT2D eigenvalue weighted by Crippen LogP contribution is 2.08. The normalized spacial score (nSPS) is 14.9. The Hall–Kier alpha value is -2.94. The average Bonchev–Trinajstić information content (AvgIpc) is 2.72. The molecule has 0 aliphatic carbocycles. The van der Waals surface area contributed by atoms with Gasteiger partial charge in [0.25, 0.3) is 0 Å². The minimum Gasteiger partial charge on any atom is -0.480 e. The van der Waals surface area contributed by atoms with Gasteiger partial charge in [-0.2, -0.15) is 0 Å². The van der Waals surface area contributed by atoms with E-state index in [2.05, 4.69) is 16.0 Å². The summed E-state index contributed by atoms with van der Waals surface area (Å²) >= 11 is 0. The Balaban J connectivity index is 2.95. The summed E-state index contributed by atoms with van der Waals surface area (Å²) in [7, 11) is 0. The molecule has 6 N–H and O–H groups in total. The lowest BCUT2D eigenvalue weighted by molar-refractivity contribution is -0.142. The van der Waals surface area contributed by atoms with Gasteiger partial charge in [-0.25, -0.2) is 4.79 Å². The highest BCUT2D eigenvalue weighted by atomic mass is 16.4. The molecule has 4 atom stereocenters. The average molecular weight is 449 g/mol. The predicted molar refractivity (Wildman–Crippen MR) is 122 cm³/mol. The molecule has 1 rings (SSSR count). The number of hydrogen-bond acceptors (Lipinski definition) is 5. The van der Waals surface area contributed by atoms with Gasteiger partial charge in [-0.1, -0.05) is 58.0 Å². The molecular formula is C23H36N4O5. The Morgan fingerprint density at radius 2 is 1.41 bits per heavy atom. The van der Waals surface area contributed by atoms with Gasteiger partial charge in [0.1, 0.15) is 18.1 Å². The molecule has 0 spiro atoms. The minimum absolute atomic E-state index is 0.0546. The van der Waals surface area contributed by atoms with E-state index in [4.69, 9.17) is 5.73 Å². The number of nitrogens with one attached hydrogen (secondary N) is 3. The van der Waals surface area contributed by atoms with Crippen molar-refractivity contribution >= 4 is 23.7 Å². The first kappa shape index (κ1) is 27.1. The SMILES string of the molecule is CC(C)CC(NC(=O)C(Cc1ccccc1)NC(=O)C(C)NC(=O)C(N)C(C)C)C(=O)O. The van der Waals surface area contributed by atoms with Crippen molar-refractivity contribution in [1.82, 2.24) is 16.0 Å². The number of nitrogens with two attached hydrogens (primary N) is 1. The van der Waals surface area contributed by atoms with Crippen molar-refractivity contribution in [1.29, 1.82) is 0 Å². The van der Waals surface area contributed by atoms with Crippen molar-refractivity contribution in [3.05, 3.63) is 35.9 Å². The van der Waals surface area contributed by atoms with Gasteiger partial charge >= 0.3 is 5.97 Å². The van der Waals surface area contributed by atoms with E-state index in [0.717, 1.165) is 5.56 Å². The first-order valence-corrected chi connectivity index (χ1v) is 10.9. The zero-order chi connectivity index (χ0) is 24.4. The summed E-state index contributed by atoms with van der Waals surface area (Å²) < 4.78 is 0. The summed E-state index contributed by atoms with van der Waals surface area (Å²) in [6.45, 7) is 8.81. The van der Waals surface area contributed by atoms with Crippen LogP contribution in [0.1, 0.15) is 46.6 Å². The number of hydrogen-bond donors (Lipinski definition) is 5. The number of carbonyl (C=O) groups excluding carboxylic acids is 3. The van der Waals surface area contributed by atoms with Gasteiger partial charge < -0.3 is 26.8 Å². The largest absolute Gasteiger partial charge is 0.480 e. The Morgan fingerprint density at radius 3 is 1.91 bits per heavy atom. The predicted octanol–water partition coefficient (Wildman–Crippen LogP) is 0.817. The van der Waals surface area contributed by atoms with E-state index in [1.54, 1.807) is 26.0 Å². The Labute approximate surface area is 189 Å². The number of aliphatic carboxylic acids is 1. The molecule has 0 fully saturated rings. The first-order valence-electron chi connectivity index (χ1n) is 10.9. The van der Waals surface area contributed by atoms with E-state index in [-0.39, 0.29) is 24.7 Å². The molecule has 1 aromatic carbocycles. The highest BCUT2D eigenvalue weighted by Gasteiger charge is 2.29. The fourth-order valence-electron chi connectivity index (χ4n) is 3.00. The molecule has 9 nitrogen and oxygen atoms in total. The van der Waals surface area contributed by atoms with Crippen LogP contribution in [0, 0.1) is 11.8 Å². The van der Waals surface area contributed by atoms with Crippen LogP contribution in [0.5, 0.6) is 0 Å². The van der Waals surface area contributed by atoms with Crippen LogP contribution in [0.2, 0.25) is 0 Å².